The third-order valence-corrected chi connectivity index (χ3v) is 4.46. The van der Waals surface area contributed by atoms with E-state index in [0.717, 1.165) is 31.4 Å². The number of nitrogens with one attached hydrogen (secondary N) is 2. The lowest BCUT2D eigenvalue weighted by Crippen LogP contribution is -2.33. The van der Waals surface area contributed by atoms with E-state index in [1.54, 1.807) is 6.92 Å². The van der Waals surface area contributed by atoms with Crippen molar-refractivity contribution in [3.05, 3.63) is 29.3 Å². The van der Waals surface area contributed by atoms with Gasteiger partial charge in [0.05, 0.1) is 11.5 Å². The zero-order valence-corrected chi connectivity index (χ0v) is 11.6. The van der Waals surface area contributed by atoms with Crippen LogP contribution in [-0.2, 0) is 11.0 Å². The number of fused-ring (bicyclic) bond motifs is 2. The minimum atomic E-state index is -4.40. The maximum atomic E-state index is 12.7. The molecule has 2 fully saturated rings. The Morgan fingerprint density at radius 3 is 2.67 bits per heavy atom. The molecule has 0 radical (unpaired) electrons. The van der Waals surface area contributed by atoms with E-state index in [-0.39, 0.29) is 23.6 Å². The molecule has 1 aromatic carbocycles. The molecule has 2 bridgehead atoms. The number of hydrogen-bond donors (Lipinski definition) is 2. The van der Waals surface area contributed by atoms with Crippen molar-refractivity contribution in [1.82, 2.24) is 5.32 Å². The fraction of sp³-hybridized carbons (Fsp3) is 0.533. The van der Waals surface area contributed by atoms with Gasteiger partial charge < -0.3 is 10.6 Å². The molecule has 21 heavy (non-hydrogen) atoms. The minimum Gasteiger partial charge on any atom is -0.326 e. The van der Waals surface area contributed by atoms with E-state index in [1.807, 2.05) is 0 Å². The van der Waals surface area contributed by atoms with Crippen molar-refractivity contribution >= 4 is 11.6 Å². The molecule has 3 atom stereocenters. The third-order valence-electron chi connectivity index (χ3n) is 4.46. The number of benzene rings is 1. The van der Waals surface area contributed by atoms with Crippen LogP contribution >= 0.6 is 0 Å². The van der Waals surface area contributed by atoms with Crippen molar-refractivity contribution in [2.75, 3.05) is 5.32 Å². The van der Waals surface area contributed by atoms with E-state index in [0.29, 0.717) is 11.6 Å². The second kappa shape index (κ2) is 5.02. The lowest BCUT2D eigenvalue weighted by molar-refractivity contribution is -0.137. The number of rotatable bonds is 2. The van der Waals surface area contributed by atoms with Gasteiger partial charge in [-0.15, -0.1) is 0 Å². The van der Waals surface area contributed by atoms with Crippen molar-refractivity contribution in [1.29, 1.82) is 0 Å². The number of alkyl halides is 3. The Morgan fingerprint density at radius 1 is 1.33 bits per heavy atom. The first-order valence-electron chi connectivity index (χ1n) is 7.09. The van der Waals surface area contributed by atoms with Gasteiger partial charge in [-0.3, -0.25) is 4.79 Å². The molecule has 0 aliphatic carbocycles. The Balaban J connectivity index is 1.76. The number of amides is 1. The first-order valence-corrected chi connectivity index (χ1v) is 7.09. The van der Waals surface area contributed by atoms with E-state index in [2.05, 4.69) is 10.6 Å². The molecule has 2 aliphatic rings. The number of hydrogen-bond acceptors (Lipinski definition) is 2. The van der Waals surface area contributed by atoms with Gasteiger partial charge in [0.15, 0.2) is 0 Å². The van der Waals surface area contributed by atoms with Crippen LogP contribution in [-0.4, -0.2) is 18.0 Å². The summed E-state index contributed by atoms with van der Waals surface area (Å²) < 4.78 is 38.2. The summed E-state index contributed by atoms with van der Waals surface area (Å²) in [5, 5.41) is 6.02. The Hall–Kier alpha value is -1.56. The highest BCUT2D eigenvalue weighted by molar-refractivity contribution is 5.94. The average Bonchev–Trinajstić information content (AvgIpc) is 3.02. The summed E-state index contributed by atoms with van der Waals surface area (Å²) in [4.78, 5) is 12.3. The highest BCUT2D eigenvalue weighted by Gasteiger charge is 2.42. The van der Waals surface area contributed by atoms with Crippen LogP contribution in [0.5, 0.6) is 0 Å². The summed E-state index contributed by atoms with van der Waals surface area (Å²) in [6.45, 7) is 1.69. The van der Waals surface area contributed by atoms with Crippen LogP contribution in [0.4, 0.5) is 18.9 Å². The summed E-state index contributed by atoms with van der Waals surface area (Å²) in [6, 6.07) is 3.98. The van der Waals surface area contributed by atoms with Crippen LogP contribution in [0.15, 0.2) is 18.2 Å². The quantitative estimate of drug-likeness (QED) is 0.881. The fourth-order valence-corrected chi connectivity index (χ4v) is 3.27. The predicted octanol–water partition coefficient (Wildman–Crippen LogP) is 3.09. The number of carbonyl (C=O) groups excluding carboxylic acids is 1. The van der Waals surface area contributed by atoms with Crippen LogP contribution in [0.1, 0.15) is 30.4 Å². The highest BCUT2D eigenvalue weighted by Crippen LogP contribution is 2.35. The molecule has 1 aromatic rings. The summed E-state index contributed by atoms with van der Waals surface area (Å²) in [7, 11) is 0. The SMILES string of the molecule is Cc1ccc(C(F)(F)F)cc1NC(=O)C1CC2CCC1N2. The summed E-state index contributed by atoms with van der Waals surface area (Å²) in [5.74, 6) is -0.324. The summed E-state index contributed by atoms with van der Waals surface area (Å²) in [6.07, 6.45) is -1.59. The monoisotopic (exact) mass is 298 g/mol. The first kappa shape index (κ1) is 14.4. The second-order valence-corrected chi connectivity index (χ2v) is 5.91. The Labute approximate surface area is 120 Å². The molecular weight excluding hydrogens is 281 g/mol. The van der Waals surface area contributed by atoms with Crippen LogP contribution in [0, 0.1) is 12.8 Å². The van der Waals surface area contributed by atoms with E-state index in [1.165, 1.54) is 6.07 Å². The van der Waals surface area contributed by atoms with Crippen LogP contribution in [0.3, 0.4) is 0 Å². The fourth-order valence-electron chi connectivity index (χ4n) is 3.27. The molecule has 6 heteroatoms. The zero-order valence-electron chi connectivity index (χ0n) is 11.6. The topological polar surface area (TPSA) is 41.1 Å². The standard InChI is InChI=1S/C15H17F3N2O/c1-8-2-3-9(15(16,17)18)6-13(8)20-14(21)11-7-10-4-5-12(11)19-10/h2-3,6,10-12,19H,4-5,7H2,1H3,(H,20,21). The first-order chi connectivity index (χ1) is 9.84. The van der Waals surface area contributed by atoms with Gasteiger partial charge in [0, 0.05) is 17.8 Å². The van der Waals surface area contributed by atoms with E-state index in [4.69, 9.17) is 0 Å². The maximum absolute atomic E-state index is 12.7. The normalized spacial score (nSPS) is 27.9. The van der Waals surface area contributed by atoms with Gasteiger partial charge in [0.25, 0.3) is 0 Å². The van der Waals surface area contributed by atoms with Crippen molar-refractivity contribution in [3.63, 3.8) is 0 Å². The maximum Gasteiger partial charge on any atom is 0.416 e. The molecule has 114 valence electrons. The smallest absolute Gasteiger partial charge is 0.326 e. The molecule has 3 rings (SSSR count). The lowest BCUT2D eigenvalue weighted by Gasteiger charge is -2.20. The Kier molecular flexibility index (Phi) is 3.43. The van der Waals surface area contributed by atoms with Gasteiger partial charge >= 0.3 is 6.18 Å². The molecule has 2 heterocycles. The van der Waals surface area contributed by atoms with Gasteiger partial charge in [-0.2, -0.15) is 13.2 Å². The van der Waals surface area contributed by atoms with Gasteiger partial charge in [0.2, 0.25) is 5.91 Å². The van der Waals surface area contributed by atoms with Gasteiger partial charge in [0.1, 0.15) is 0 Å². The predicted molar refractivity (Wildman–Crippen MR) is 72.9 cm³/mol. The molecule has 0 saturated carbocycles. The molecule has 1 amide bonds. The minimum absolute atomic E-state index is 0.141. The zero-order chi connectivity index (χ0) is 15.2. The van der Waals surface area contributed by atoms with Gasteiger partial charge in [-0.1, -0.05) is 6.07 Å². The Morgan fingerprint density at radius 2 is 2.10 bits per heavy atom. The van der Waals surface area contributed by atoms with Crippen molar-refractivity contribution in [2.45, 2.75) is 44.4 Å². The molecule has 2 N–H and O–H groups in total. The van der Waals surface area contributed by atoms with E-state index < -0.39 is 11.7 Å². The number of carbonyl (C=O) groups is 1. The molecule has 3 unspecified atom stereocenters. The largest absolute Gasteiger partial charge is 0.416 e. The molecule has 2 saturated heterocycles. The van der Waals surface area contributed by atoms with Gasteiger partial charge in [-0.05, 0) is 43.9 Å². The summed E-state index contributed by atoms with van der Waals surface area (Å²) >= 11 is 0. The third kappa shape index (κ3) is 2.77. The number of aryl methyl sites for hydroxylation is 1. The molecule has 0 spiro atoms. The lowest BCUT2D eigenvalue weighted by atomic mass is 9.88. The molecule has 2 aliphatic heterocycles. The molecule has 0 aromatic heterocycles. The number of anilines is 1. The average molecular weight is 298 g/mol. The number of halogens is 3. The van der Waals surface area contributed by atoms with Crippen LogP contribution < -0.4 is 10.6 Å². The summed E-state index contributed by atoms with van der Waals surface area (Å²) in [5.41, 5.74) is 0.138. The van der Waals surface area contributed by atoms with Crippen molar-refractivity contribution in [3.8, 4) is 0 Å². The van der Waals surface area contributed by atoms with Crippen LogP contribution in [0.2, 0.25) is 0 Å². The molecule has 3 nitrogen and oxygen atoms in total. The Bertz CT molecular complexity index is 571. The highest BCUT2D eigenvalue weighted by atomic mass is 19.4. The van der Waals surface area contributed by atoms with Gasteiger partial charge in [-0.25, -0.2) is 0 Å². The van der Waals surface area contributed by atoms with Crippen molar-refractivity contribution in [2.24, 2.45) is 5.92 Å². The second-order valence-electron chi connectivity index (χ2n) is 5.91. The van der Waals surface area contributed by atoms with Crippen molar-refractivity contribution < 1.29 is 18.0 Å². The van der Waals surface area contributed by atoms with E-state index >= 15 is 0 Å². The molecular formula is C15H17F3N2O. The van der Waals surface area contributed by atoms with Crippen LogP contribution in [0.25, 0.3) is 0 Å². The van der Waals surface area contributed by atoms with E-state index in [9.17, 15) is 18.0 Å².